The Labute approximate surface area is 133 Å². The van der Waals surface area contributed by atoms with E-state index < -0.39 is 0 Å². The van der Waals surface area contributed by atoms with E-state index in [0.29, 0.717) is 6.04 Å². The highest BCUT2D eigenvalue weighted by molar-refractivity contribution is 7.15. The summed E-state index contributed by atoms with van der Waals surface area (Å²) in [7, 11) is 0. The molecule has 1 saturated heterocycles. The number of hydrogen-bond acceptors (Lipinski definition) is 5. The van der Waals surface area contributed by atoms with Gasteiger partial charge >= 0.3 is 0 Å². The molecule has 1 aliphatic heterocycles. The Balaban J connectivity index is 1.61. The first-order valence-corrected chi connectivity index (χ1v) is 8.19. The van der Waals surface area contributed by atoms with Gasteiger partial charge in [-0.25, -0.2) is 0 Å². The quantitative estimate of drug-likeness (QED) is 0.676. The normalized spacial score (nSPS) is 18.3. The predicted molar refractivity (Wildman–Crippen MR) is 87.1 cm³/mol. The van der Waals surface area contributed by atoms with Gasteiger partial charge < -0.3 is 10.1 Å². The van der Waals surface area contributed by atoms with E-state index >= 15 is 0 Å². The van der Waals surface area contributed by atoms with Gasteiger partial charge in [0.25, 0.3) is 5.69 Å². The summed E-state index contributed by atoms with van der Waals surface area (Å²) in [5.41, 5.74) is 1.14. The number of hydrogen-bond donors (Lipinski definition) is 1. The van der Waals surface area contributed by atoms with Gasteiger partial charge in [-0.15, -0.1) is 11.3 Å². The van der Waals surface area contributed by atoms with E-state index in [-0.39, 0.29) is 10.6 Å². The van der Waals surface area contributed by atoms with Crippen molar-refractivity contribution in [3.05, 3.63) is 51.4 Å². The molecule has 1 aromatic heterocycles. The van der Waals surface area contributed by atoms with Crippen LogP contribution in [0.5, 0.6) is 0 Å². The maximum atomic E-state index is 10.7. The molecular formula is C16H18N2O3S. The van der Waals surface area contributed by atoms with Gasteiger partial charge in [-0.1, -0.05) is 0 Å². The van der Waals surface area contributed by atoms with Gasteiger partial charge in [-0.05, 0) is 42.7 Å². The van der Waals surface area contributed by atoms with Crippen LogP contribution in [0.15, 0.2) is 36.4 Å². The molecule has 22 heavy (non-hydrogen) atoms. The monoisotopic (exact) mass is 318 g/mol. The maximum absolute atomic E-state index is 10.7. The van der Waals surface area contributed by atoms with Crippen LogP contribution in [0, 0.1) is 10.1 Å². The Kier molecular flexibility index (Phi) is 4.82. The van der Waals surface area contributed by atoms with Crippen LogP contribution in [0.4, 0.5) is 5.69 Å². The summed E-state index contributed by atoms with van der Waals surface area (Å²) in [6.07, 6.45) is 2.29. The molecule has 0 saturated carbocycles. The summed E-state index contributed by atoms with van der Waals surface area (Å²) >= 11 is 1.72. The molecule has 1 unspecified atom stereocenters. The van der Waals surface area contributed by atoms with Crippen molar-refractivity contribution in [2.75, 3.05) is 13.2 Å². The van der Waals surface area contributed by atoms with E-state index in [1.807, 2.05) is 0 Å². The minimum atomic E-state index is -0.375. The molecule has 0 aliphatic carbocycles. The van der Waals surface area contributed by atoms with Crippen molar-refractivity contribution >= 4 is 17.0 Å². The van der Waals surface area contributed by atoms with Crippen LogP contribution >= 0.6 is 11.3 Å². The summed E-state index contributed by atoms with van der Waals surface area (Å²) < 4.78 is 5.46. The second-order valence-electron chi connectivity index (χ2n) is 5.36. The molecule has 1 fully saturated rings. The highest BCUT2D eigenvalue weighted by Gasteiger charge is 2.13. The van der Waals surface area contributed by atoms with Gasteiger partial charge in [0, 0.05) is 41.1 Å². The van der Waals surface area contributed by atoms with Crippen molar-refractivity contribution in [2.24, 2.45) is 0 Å². The number of non-ortho nitro benzene ring substituents is 1. The van der Waals surface area contributed by atoms with Gasteiger partial charge in [0.1, 0.15) is 0 Å². The van der Waals surface area contributed by atoms with Gasteiger partial charge in [0.05, 0.1) is 11.5 Å². The van der Waals surface area contributed by atoms with E-state index in [9.17, 15) is 10.1 Å². The van der Waals surface area contributed by atoms with Crippen molar-refractivity contribution in [1.29, 1.82) is 0 Å². The van der Waals surface area contributed by atoms with Crippen LogP contribution in [0.25, 0.3) is 10.4 Å². The zero-order valence-electron chi connectivity index (χ0n) is 12.2. The summed E-state index contributed by atoms with van der Waals surface area (Å²) in [5.74, 6) is 0. The molecule has 1 aromatic carbocycles. The molecular weight excluding hydrogens is 300 g/mol. The highest BCUT2D eigenvalue weighted by atomic mass is 32.1. The Morgan fingerprint density at radius 3 is 2.77 bits per heavy atom. The van der Waals surface area contributed by atoms with Crippen LogP contribution in [0.2, 0.25) is 0 Å². The van der Waals surface area contributed by atoms with Crippen LogP contribution < -0.4 is 5.32 Å². The van der Waals surface area contributed by atoms with Crippen LogP contribution in [0.1, 0.15) is 17.7 Å². The average Bonchev–Trinajstić information content (AvgIpc) is 3.03. The molecule has 1 N–H and O–H groups in total. The van der Waals surface area contributed by atoms with Crippen molar-refractivity contribution in [3.8, 4) is 10.4 Å². The highest BCUT2D eigenvalue weighted by Crippen LogP contribution is 2.29. The summed E-state index contributed by atoms with van der Waals surface area (Å²) in [6.45, 7) is 2.51. The molecule has 5 nitrogen and oxygen atoms in total. The lowest BCUT2D eigenvalue weighted by atomic mass is 10.1. The van der Waals surface area contributed by atoms with Gasteiger partial charge in [-0.2, -0.15) is 0 Å². The largest absolute Gasteiger partial charge is 0.380 e. The third-order valence-electron chi connectivity index (χ3n) is 3.75. The lowest BCUT2D eigenvalue weighted by molar-refractivity contribution is -0.384. The van der Waals surface area contributed by atoms with E-state index in [2.05, 4.69) is 17.4 Å². The third-order valence-corrected chi connectivity index (χ3v) is 4.88. The fraction of sp³-hybridized carbons (Fsp3) is 0.375. The smallest absolute Gasteiger partial charge is 0.269 e. The zero-order chi connectivity index (χ0) is 15.4. The standard InChI is InChI=1S/C16H18N2O3S/c19-18(20)14-5-3-12(4-6-14)16-8-7-15(22-16)10-17-13-2-1-9-21-11-13/h3-8,13,17H,1-2,9-11H2. The molecule has 0 spiro atoms. The Hall–Kier alpha value is -1.76. The summed E-state index contributed by atoms with van der Waals surface area (Å²) in [6, 6.07) is 11.3. The predicted octanol–water partition coefficient (Wildman–Crippen LogP) is 3.59. The van der Waals surface area contributed by atoms with E-state index in [4.69, 9.17) is 4.74 Å². The lowest BCUT2D eigenvalue weighted by Crippen LogP contribution is -2.36. The zero-order valence-corrected chi connectivity index (χ0v) is 13.0. The fourth-order valence-corrected chi connectivity index (χ4v) is 3.49. The molecule has 2 heterocycles. The molecule has 6 heteroatoms. The first-order valence-electron chi connectivity index (χ1n) is 7.37. The Morgan fingerprint density at radius 1 is 1.27 bits per heavy atom. The van der Waals surface area contributed by atoms with Crippen molar-refractivity contribution < 1.29 is 9.66 Å². The number of nitrogens with one attached hydrogen (secondary N) is 1. The molecule has 1 atom stereocenters. The first kappa shape index (κ1) is 15.1. The number of nitro benzene ring substituents is 1. The molecule has 3 rings (SSSR count). The van der Waals surface area contributed by atoms with Crippen molar-refractivity contribution in [2.45, 2.75) is 25.4 Å². The number of nitro groups is 1. The topological polar surface area (TPSA) is 64.4 Å². The number of thiophene rings is 1. The maximum Gasteiger partial charge on any atom is 0.269 e. The Morgan fingerprint density at radius 2 is 2.09 bits per heavy atom. The van der Waals surface area contributed by atoms with Crippen molar-refractivity contribution in [3.63, 3.8) is 0 Å². The average molecular weight is 318 g/mol. The summed E-state index contributed by atoms with van der Waals surface area (Å²) in [4.78, 5) is 12.7. The van der Waals surface area contributed by atoms with Crippen LogP contribution in [-0.2, 0) is 11.3 Å². The van der Waals surface area contributed by atoms with Crippen LogP contribution in [0.3, 0.4) is 0 Å². The number of benzene rings is 1. The SMILES string of the molecule is O=[N+]([O-])c1ccc(-c2ccc(CNC3CCCOC3)s2)cc1. The second-order valence-corrected chi connectivity index (χ2v) is 6.53. The fourth-order valence-electron chi connectivity index (χ4n) is 2.52. The van der Waals surface area contributed by atoms with Crippen LogP contribution in [-0.4, -0.2) is 24.2 Å². The number of nitrogens with zero attached hydrogens (tertiary/aromatic N) is 1. The van der Waals surface area contributed by atoms with E-state index in [1.54, 1.807) is 35.6 Å². The molecule has 0 radical (unpaired) electrons. The van der Waals surface area contributed by atoms with Gasteiger partial charge in [-0.3, -0.25) is 10.1 Å². The minimum absolute atomic E-state index is 0.125. The van der Waals surface area contributed by atoms with E-state index in [1.165, 1.54) is 11.3 Å². The third kappa shape index (κ3) is 3.71. The van der Waals surface area contributed by atoms with E-state index in [0.717, 1.165) is 36.6 Å². The second kappa shape index (κ2) is 7.00. The summed E-state index contributed by atoms with van der Waals surface area (Å²) in [5, 5.41) is 14.2. The molecule has 1 aliphatic rings. The lowest BCUT2D eigenvalue weighted by Gasteiger charge is -2.22. The van der Waals surface area contributed by atoms with Gasteiger partial charge in [0.15, 0.2) is 0 Å². The first-order chi connectivity index (χ1) is 10.7. The Bertz CT molecular complexity index is 633. The van der Waals surface area contributed by atoms with Gasteiger partial charge in [0.2, 0.25) is 0 Å². The van der Waals surface area contributed by atoms with Crippen molar-refractivity contribution in [1.82, 2.24) is 5.32 Å². The molecule has 0 bridgehead atoms. The molecule has 0 amide bonds. The minimum Gasteiger partial charge on any atom is -0.380 e. The number of ether oxygens (including phenoxy) is 1. The number of rotatable bonds is 5. The molecule has 116 valence electrons. The molecule has 2 aromatic rings.